The third kappa shape index (κ3) is 3.89. The summed E-state index contributed by atoms with van der Waals surface area (Å²) in [6, 6.07) is 8.46. The molecule has 1 heterocycles. The maximum atomic E-state index is 4.39. The average molecular weight is 387 g/mol. The van der Waals surface area contributed by atoms with Crippen LogP contribution in [0.2, 0.25) is 0 Å². The predicted octanol–water partition coefficient (Wildman–Crippen LogP) is 4.17. The topological polar surface area (TPSA) is 30.7 Å². The molecule has 0 N–H and O–H groups in total. The first kappa shape index (κ1) is 14.7. The molecule has 3 nitrogen and oxygen atoms in total. The highest BCUT2D eigenvalue weighted by Gasteiger charge is 2.15. The van der Waals surface area contributed by atoms with E-state index in [1.165, 1.54) is 5.56 Å². The summed E-state index contributed by atoms with van der Waals surface area (Å²) in [6.07, 6.45) is 3.63. The van der Waals surface area contributed by atoms with Gasteiger partial charge in [0, 0.05) is 28.7 Å². The van der Waals surface area contributed by atoms with Crippen LogP contribution < -0.4 is 0 Å². The predicted molar refractivity (Wildman–Crippen MR) is 84.7 cm³/mol. The van der Waals surface area contributed by atoms with Crippen LogP contribution in [0.1, 0.15) is 30.7 Å². The van der Waals surface area contributed by atoms with Gasteiger partial charge in [-0.25, -0.2) is 4.98 Å². The summed E-state index contributed by atoms with van der Waals surface area (Å²) in [5.41, 5.74) is 1.32. The third-order valence-corrected chi connectivity index (χ3v) is 4.34. The van der Waals surface area contributed by atoms with E-state index in [0.29, 0.717) is 5.92 Å². The van der Waals surface area contributed by atoms with Crippen LogP contribution in [0.25, 0.3) is 0 Å². The smallest absolute Gasteiger partial charge is 0.138 e. The molecule has 102 valence electrons. The second-order valence-electron chi connectivity index (χ2n) is 4.51. The molecular weight excluding hydrogens is 370 g/mol. The van der Waals surface area contributed by atoms with Gasteiger partial charge in [0.15, 0.2) is 0 Å². The van der Waals surface area contributed by atoms with Crippen molar-refractivity contribution in [3.05, 3.63) is 46.5 Å². The van der Waals surface area contributed by atoms with Gasteiger partial charge in [0.1, 0.15) is 12.2 Å². The summed E-state index contributed by atoms with van der Waals surface area (Å²) in [6.45, 7) is 3.09. The molecular formula is C14H17Br2N3. The Labute approximate surface area is 130 Å². The number of nitrogens with zero attached hydrogens (tertiary/aromatic N) is 3. The maximum Gasteiger partial charge on any atom is 0.138 e. The van der Waals surface area contributed by atoms with Gasteiger partial charge in [0.05, 0.1) is 0 Å². The monoisotopic (exact) mass is 385 g/mol. The molecule has 2 rings (SSSR count). The minimum Gasteiger partial charge on any atom is -0.250 e. The molecule has 0 fully saturated rings. The van der Waals surface area contributed by atoms with Gasteiger partial charge in [0.2, 0.25) is 0 Å². The summed E-state index contributed by atoms with van der Waals surface area (Å²) in [4.78, 5) is 4.39. The van der Waals surface area contributed by atoms with Crippen molar-refractivity contribution in [3.63, 3.8) is 0 Å². The van der Waals surface area contributed by atoms with Crippen LogP contribution in [0.3, 0.4) is 0 Å². The molecule has 0 saturated carbocycles. The second-order valence-corrected chi connectivity index (χ2v) is 6.07. The lowest BCUT2D eigenvalue weighted by molar-refractivity contribution is 0.554. The fourth-order valence-electron chi connectivity index (χ4n) is 2.09. The number of aryl methyl sites for hydroxylation is 1. The van der Waals surface area contributed by atoms with E-state index in [9.17, 15) is 0 Å². The molecule has 0 radical (unpaired) electrons. The van der Waals surface area contributed by atoms with Crippen molar-refractivity contribution in [2.75, 3.05) is 5.33 Å². The molecule has 0 aliphatic carbocycles. The summed E-state index contributed by atoms with van der Waals surface area (Å²) >= 11 is 7.14. The highest BCUT2D eigenvalue weighted by Crippen LogP contribution is 2.25. The van der Waals surface area contributed by atoms with Crippen LogP contribution in [0.4, 0.5) is 0 Å². The third-order valence-electron chi connectivity index (χ3n) is 3.07. The first-order valence-corrected chi connectivity index (χ1v) is 8.34. The van der Waals surface area contributed by atoms with E-state index in [4.69, 9.17) is 0 Å². The van der Waals surface area contributed by atoms with Gasteiger partial charge in [-0.3, -0.25) is 4.68 Å². The molecule has 0 spiro atoms. The maximum absolute atomic E-state index is 4.39. The number of rotatable bonds is 6. The number of benzene rings is 1. The Balaban J connectivity index is 2.17. The fraction of sp³-hybridized carbons (Fsp3) is 0.429. The quantitative estimate of drug-likeness (QED) is 0.697. The van der Waals surface area contributed by atoms with Gasteiger partial charge in [-0.15, -0.1) is 0 Å². The number of hydrogen-bond acceptors (Lipinski definition) is 2. The van der Waals surface area contributed by atoms with Gasteiger partial charge in [-0.1, -0.05) is 50.9 Å². The normalized spacial score (nSPS) is 12.6. The zero-order valence-corrected chi connectivity index (χ0v) is 14.1. The highest BCUT2D eigenvalue weighted by atomic mass is 79.9. The first-order chi connectivity index (χ1) is 9.24. The summed E-state index contributed by atoms with van der Waals surface area (Å²) in [7, 11) is 0. The van der Waals surface area contributed by atoms with E-state index in [0.717, 1.165) is 35.0 Å². The van der Waals surface area contributed by atoms with Gasteiger partial charge < -0.3 is 0 Å². The number of alkyl halides is 1. The van der Waals surface area contributed by atoms with E-state index >= 15 is 0 Å². The molecule has 1 unspecified atom stereocenters. The van der Waals surface area contributed by atoms with Crippen molar-refractivity contribution < 1.29 is 0 Å². The minimum absolute atomic E-state index is 0.414. The molecule has 0 aliphatic heterocycles. The molecule has 0 amide bonds. The zero-order valence-electron chi connectivity index (χ0n) is 10.9. The SMILES string of the molecule is CCCn1ncnc1CC(CBr)c1cccc(Br)c1. The Morgan fingerprint density at radius 1 is 1.37 bits per heavy atom. The lowest BCUT2D eigenvalue weighted by Gasteiger charge is -2.15. The van der Waals surface area contributed by atoms with Crippen LogP contribution in [0.5, 0.6) is 0 Å². The summed E-state index contributed by atoms with van der Waals surface area (Å²) < 4.78 is 3.12. The van der Waals surface area contributed by atoms with Crippen molar-refractivity contribution >= 4 is 31.9 Å². The van der Waals surface area contributed by atoms with Crippen LogP contribution in [-0.2, 0) is 13.0 Å². The first-order valence-electron chi connectivity index (χ1n) is 6.42. The molecule has 2 aromatic rings. The zero-order chi connectivity index (χ0) is 13.7. The minimum atomic E-state index is 0.414. The standard InChI is InChI=1S/C14H17Br2N3/c1-2-6-19-14(17-10-18-19)8-12(9-15)11-4-3-5-13(16)7-11/h3-5,7,10,12H,2,6,8-9H2,1H3. The molecule has 5 heteroatoms. The van der Waals surface area contributed by atoms with Crippen LogP contribution in [-0.4, -0.2) is 20.1 Å². The van der Waals surface area contributed by atoms with Crippen LogP contribution >= 0.6 is 31.9 Å². The van der Waals surface area contributed by atoms with Gasteiger partial charge in [-0.2, -0.15) is 5.10 Å². The molecule has 19 heavy (non-hydrogen) atoms. The van der Waals surface area contributed by atoms with Gasteiger partial charge in [-0.05, 0) is 24.1 Å². The van der Waals surface area contributed by atoms with Crippen molar-refractivity contribution in [3.8, 4) is 0 Å². The molecule has 1 atom stereocenters. The molecule has 1 aromatic carbocycles. The van der Waals surface area contributed by atoms with Crippen molar-refractivity contribution in [1.29, 1.82) is 0 Å². The van der Waals surface area contributed by atoms with Crippen molar-refractivity contribution in [2.24, 2.45) is 0 Å². The Hall–Kier alpha value is -0.680. The fourth-order valence-corrected chi connectivity index (χ4v) is 3.11. The van der Waals surface area contributed by atoms with E-state index in [-0.39, 0.29) is 0 Å². The van der Waals surface area contributed by atoms with Crippen LogP contribution in [0, 0.1) is 0 Å². The Morgan fingerprint density at radius 2 is 2.21 bits per heavy atom. The second kappa shape index (κ2) is 7.20. The molecule has 0 saturated heterocycles. The lowest BCUT2D eigenvalue weighted by Crippen LogP contribution is -2.11. The average Bonchev–Trinajstić information content (AvgIpc) is 2.84. The van der Waals surface area contributed by atoms with E-state index in [1.54, 1.807) is 6.33 Å². The Kier molecular flexibility index (Phi) is 5.58. The van der Waals surface area contributed by atoms with Crippen molar-refractivity contribution in [2.45, 2.75) is 32.2 Å². The molecule has 0 bridgehead atoms. The molecule has 0 aliphatic rings. The van der Waals surface area contributed by atoms with E-state index < -0.39 is 0 Å². The number of hydrogen-bond donors (Lipinski definition) is 0. The highest BCUT2D eigenvalue weighted by molar-refractivity contribution is 9.10. The largest absolute Gasteiger partial charge is 0.250 e. The summed E-state index contributed by atoms with van der Waals surface area (Å²) in [5.74, 6) is 1.48. The molecule has 1 aromatic heterocycles. The van der Waals surface area contributed by atoms with E-state index in [2.05, 4.69) is 67.1 Å². The lowest BCUT2D eigenvalue weighted by atomic mass is 9.97. The van der Waals surface area contributed by atoms with Gasteiger partial charge in [0.25, 0.3) is 0 Å². The van der Waals surface area contributed by atoms with Crippen LogP contribution in [0.15, 0.2) is 35.1 Å². The van der Waals surface area contributed by atoms with Crippen molar-refractivity contribution in [1.82, 2.24) is 14.8 Å². The Bertz CT molecular complexity index is 525. The Morgan fingerprint density at radius 3 is 2.89 bits per heavy atom. The van der Waals surface area contributed by atoms with Gasteiger partial charge >= 0.3 is 0 Å². The summed E-state index contributed by atoms with van der Waals surface area (Å²) in [5, 5.41) is 5.20. The number of aromatic nitrogens is 3. The van der Waals surface area contributed by atoms with E-state index in [1.807, 2.05) is 10.7 Å². The number of halogens is 2.